The van der Waals surface area contributed by atoms with Gasteiger partial charge in [-0.25, -0.2) is 9.97 Å². The number of likely N-dealkylation sites (tertiary alicyclic amines) is 1. The average Bonchev–Trinajstić information content (AvgIpc) is 3.58. The Balaban J connectivity index is 1.29. The van der Waals surface area contributed by atoms with E-state index in [9.17, 15) is 15.0 Å². The smallest absolute Gasteiger partial charge is 0.231 e. The number of hydrogen-bond acceptors (Lipinski definition) is 9. The zero-order chi connectivity index (χ0) is 28.1. The van der Waals surface area contributed by atoms with E-state index in [2.05, 4.69) is 29.2 Å². The molecular weight excluding hydrogens is 542 g/mol. The number of carbonyl (C=O) groups is 1. The third-order valence-electron chi connectivity index (χ3n) is 7.97. The van der Waals surface area contributed by atoms with Crippen LogP contribution in [0.2, 0.25) is 0 Å². The van der Waals surface area contributed by atoms with E-state index in [-0.39, 0.29) is 12.5 Å². The molecule has 0 unspecified atom stereocenters. The molecule has 1 saturated carbocycles. The number of nitrogens with zero attached hydrogens (tertiary/aromatic N) is 3. The van der Waals surface area contributed by atoms with Crippen LogP contribution in [-0.4, -0.2) is 56.2 Å². The van der Waals surface area contributed by atoms with Gasteiger partial charge in [0.1, 0.15) is 15.6 Å². The molecule has 1 aliphatic heterocycles. The van der Waals surface area contributed by atoms with Gasteiger partial charge in [-0.05, 0) is 43.7 Å². The van der Waals surface area contributed by atoms with Crippen LogP contribution in [0.3, 0.4) is 0 Å². The Kier molecular flexibility index (Phi) is 6.89. The van der Waals surface area contributed by atoms with Crippen molar-refractivity contribution >= 4 is 28.6 Å². The molecule has 2 aromatic heterocycles. The van der Waals surface area contributed by atoms with Crippen molar-refractivity contribution in [3.8, 4) is 31.6 Å². The lowest BCUT2D eigenvalue weighted by Gasteiger charge is -2.49. The Hall–Kier alpha value is -2.99. The molecule has 6 rings (SSSR count). The molecule has 10 heteroatoms. The summed E-state index contributed by atoms with van der Waals surface area (Å²) in [5.74, 6) is -0.357. The number of benzene rings is 2. The fraction of sp³-hybridized carbons (Fsp3) is 0.367. The summed E-state index contributed by atoms with van der Waals surface area (Å²) in [7, 11) is 0. The van der Waals surface area contributed by atoms with Crippen LogP contribution in [0.5, 0.6) is 0 Å². The third kappa shape index (κ3) is 5.23. The first-order valence-electron chi connectivity index (χ1n) is 13.4. The highest BCUT2D eigenvalue weighted by Crippen LogP contribution is 2.47. The minimum absolute atomic E-state index is 0.206. The summed E-state index contributed by atoms with van der Waals surface area (Å²) in [5, 5.41) is 23.1. The number of piperidine rings is 1. The Morgan fingerprint density at radius 2 is 1.68 bits per heavy atom. The number of hydrogen-bond donors (Lipinski definition) is 4. The quantitative estimate of drug-likeness (QED) is 0.261. The largest absolute Gasteiger partial charge is 0.390 e. The number of carbonyl (C=O) groups excluding carboxylic acids is 1. The maximum absolute atomic E-state index is 11.4. The summed E-state index contributed by atoms with van der Waals surface area (Å²) in [6, 6.07) is 18.4. The Morgan fingerprint density at radius 1 is 1.00 bits per heavy atom. The van der Waals surface area contributed by atoms with Crippen LogP contribution in [0.25, 0.3) is 31.6 Å². The lowest BCUT2D eigenvalue weighted by Crippen LogP contribution is -2.58. The molecule has 2 aromatic carbocycles. The van der Waals surface area contributed by atoms with Gasteiger partial charge in [-0.1, -0.05) is 54.6 Å². The molecule has 3 heterocycles. The fourth-order valence-corrected chi connectivity index (χ4v) is 8.18. The normalized spacial score (nSPS) is 24.5. The van der Waals surface area contributed by atoms with Crippen LogP contribution in [0.15, 0.2) is 60.8 Å². The van der Waals surface area contributed by atoms with Gasteiger partial charge >= 0.3 is 0 Å². The Morgan fingerprint density at radius 3 is 2.30 bits per heavy atom. The van der Waals surface area contributed by atoms with Gasteiger partial charge in [0, 0.05) is 30.4 Å². The Bertz CT molecular complexity index is 1510. The number of primary amides is 1. The van der Waals surface area contributed by atoms with E-state index in [4.69, 9.17) is 16.5 Å². The van der Waals surface area contributed by atoms with Crippen LogP contribution < -0.4 is 11.5 Å². The number of thiazole rings is 2. The van der Waals surface area contributed by atoms with E-state index < -0.39 is 16.7 Å². The topological polar surface area (TPSA) is 139 Å². The van der Waals surface area contributed by atoms with Gasteiger partial charge in [0.15, 0.2) is 0 Å². The van der Waals surface area contributed by atoms with Crippen molar-refractivity contribution in [1.29, 1.82) is 0 Å². The van der Waals surface area contributed by atoms with Crippen LogP contribution in [0, 0.1) is 0 Å². The fourth-order valence-electron chi connectivity index (χ4n) is 5.98. The summed E-state index contributed by atoms with van der Waals surface area (Å²) < 4.78 is 0. The molecule has 1 amide bonds. The van der Waals surface area contributed by atoms with Crippen molar-refractivity contribution in [3.63, 3.8) is 0 Å². The highest BCUT2D eigenvalue weighted by atomic mass is 32.1. The average molecular weight is 576 g/mol. The van der Waals surface area contributed by atoms with Gasteiger partial charge in [0.25, 0.3) is 0 Å². The predicted octanol–water partition coefficient (Wildman–Crippen LogP) is 4.07. The second-order valence-electron chi connectivity index (χ2n) is 11.5. The van der Waals surface area contributed by atoms with E-state index in [1.54, 1.807) is 17.5 Å². The van der Waals surface area contributed by atoms with Crippen molar-refractivity contribution in [2.75, 3.05) is 19.6 Å². The molecule has 2 fully saturated rings. The highest BCUT2D eigenvalue weighted by Gasteiger charge is 2.49. The molecular formula is C30H33N5O3S2. The molecule has 40 heavy (non-hydrogen) atoms. The maximum Gasteiger partial charge on any atom is 0.231 e. The molecule has 0 spiro atoms. The van der Waals surface area contributed by atoms with E-state index >= 15 is 0 Å². The number of rotatable bonds is 7. The van der Waals surface area contributed by atoms with Crippen molar-refractivity contribution in [3.05, 3.63) is 71.4 Å². The minimum Gasteiger partial charge on any atom is -0.390 e. The van der Waals surface area contributed by atoms with Gasteiger partial charge in [0.2, 0.25) is 5.91 Å². The van der Waals surface area contributed by atoms with Crippen LogP contribution in [-0.2, 0) is 15.9 Å². The molecule has 2 aliphatic rings. The Labute approximate surface area is 241 Å². The first-order chi connectivity index (χ1) is 19.0. The summed E-state index contributed by atoms with van der Waals surface area (Å²) in [6.45, 7) is 3.21. The van der Waals surface area contributed by atoms with Crippen LogP contribution >= 0.6 is 22.7 Å². The van der Waals surface area contributed by atoms with E-state index in [0.717, 1.165) is 37.1 Å². The molecule has 6 N–H and O–H groups in total. The van der Waals surface area contributed by atoms with Crippen molar-refractivity contribution < 1.29 is 15.0 Å². The number of aromatic nitrogens is 2. The van der Waals surface area contributed by atoms with E-state index in [1.807, 2.05) is 42.2 Å². The van der Waals surface area contributed by atoms with Crippen molar-refractivity contribution in [2.45, 2.75) is 49.3 Å². The third-order valence-corrected chi connectivity index (χ3v) is 10.4. The number of nitrogens with two attached hydrogens (primary N) is 2. The zero-order valence-corrected chi connectivity index (χ0v) is 24.0. The summed E-state index contributed by atoms with van der Waals surface area (Å²) >= 11 is 3.08. The lowest BCUT2D eigenvalue weighted by atomic mass is 9.63. The zero-order valence-electron chi connectivity index (χ0n) is 22.3. The van der Waals surface area contributed by atoms with Crippen LogP contribution in [0.4, 0.5) is 0 Å². The highest BCUT2D eigenvalue weighted by molar-refractivity contribution is 7.23. The molecule has 0 bridgehead atoms. The minimum atomic E-state index is -1.03. The van der Waals surface area contributed by atoms with Gasteiger partial charge < -0.3 is 21.7 Å². The predicted molar refractivity (Wildman–Crippen MR) is 159 cm³/mol. The maximum atomic E-state index is 11.4. The van der Waals surface area contributed by atoms with E-state index in [0.29, 0.717) is 43.8 Å². The molecule has 4 aromatic rings. The molecule has 8 nitrogen and oxygen atoms in total. The molecule has 0 radical (unpaired) electrons. The van der Waals surface area contributed by atoms with Gasteiger partial charge in [-0.15, -0.1) is 22.7 Å². The number of amides is 1. The molecule has 0 atom stereocenters. The second-order valence-corrected chi connectivity index (χ2v) is 13.5. The van der Waals surface area contributed by atoms with Gasteiger partial charge in [-0.3, -0.25) is 9.69 Å². The second kappa shape index (κ2) is 10.1. The summed E-state index contributed by atoms with van der Waals surface area (Å²) in [6.07, 6.45) is 3.87. The molecule has 1 aliphatic carbocycles. The standard InChI is InChI=1S/C30H33N5O3S2/c1-28(37)17-29(32,18-28)21-9-7-19(8-10-21)24-25(20-5-3-2-4-6-20)40-26(34-24)22-15-33-27(39-22)30(38)11-13-35(14-12-30)16-23(31)36/h2-10,15,37-38H,11-14,16-18,32H2,1H3,(H2,31,36). The molecule has 208 valence electrons. The SMILES string of the molecule is CC1(O)CC(N)(c2ccc(-c3nc(-c4cnc(C5(O)CCN(CC(N)=O)CC5)s4)sc3-c3ccccc3)cc2)C1. The summed E-state index contributed by atoms with van der Waals surface area (Å²) in [5.41, 5.74) is 13.6. The first-order valence-corrected chi connectivity index (χ1v) is 15.1. The van der Waals surface area contributed by atoms with Crippen molar-refractivity contribution in [2.24, 2.45) is 11.5 Å². The summed E-state index contributed by atoms with van der Waals surface area (Å²) in [4.78, 5) is 24.9. The van der Waals surface area contributed by atoms with E-state index in [1.165, 1.54) is 11.3 Å². The monoisotopic (exact) mass is 575 g/mol. The number of aliphatic hydroxyl groups is 2. The van der Waals surface area contributed by atoms with Gasteiger partial charge in [0.05, 0.1) is 27.6 Å². The molecule has 1 saturated heterocycles. The van der Waals surface area contributed by atoms with Crippen LogP contribution in [0.1, 0.15) is 43.2 Å². The first kappa shape index (κ1) is 27.2. The van der Waals surface area contributed by atoms with Crippen molar-refractivity contribution in [1.82, 2.24) is 14.9 Å². The lowest BCUT2D eigenvalue weighted by molar-refractivity contribution is -0.120. The van der Waals surface area contributed by atoms with Gasteiger partial charge in [-0.2, -0.15) is 0 Å².